The van der Waals surface area contributed by atoms with Gasteiger partial charge in [-0.2, -0.15) is 5.26 Å². The standard InChI is InChI=1S/C9H7ClF2N2/c10-5-1-2-6(11)8(9(5)12)7(14)3-4-13/h1-2,7H,3,14H2/t7-/m1/s1. The second-order valence-corrected chi connectivity index (χ2v) is 3.13. The van der Waals surface area contributed by atoms with Crippen LogP contribution in [0, 0.1) is 23.0 Å². The maximum Gasteiger partial charge on any atom is 0.149 e. The molecule has 0 aliphatic rings. The SMILES string of the molecule is N#CC[C@@H](N)c1c(F)ccc(Cl)c1F. The summed E-state index contributed by atoms with van der Waals surface area (Å²) in [6.07, 6.45) is -0.159. The molecule has 0 heterocycles. The molecule has 0 aliphatic carbocycles. The predicted molar refractivity (Wildman–Crippen MR) is 48.5 cm³/mol. The molecule has 0 aromatic heterocycles. The van der Waals surface area contributed by atoms with Crippen molar-refractivity contribution in [3.63, 3.8) is 0 Å². The Hall–Kier alpha value is -1.18. The number of rotatable bonds is 2. The molecule has 0 unspecified atom stereocenters. The van der Waals surface area contributed by atoms with E-state index in [2.05, 4.69) is 0 Å². The Kier molecular flexibility index (Phi) is 3.39. The number of nitriles is 1. The second kappa shape index (κ2) is 4.36. The Bertz CT molecular complexity index is 387. The van der Waals surface area contributed by atoms with Gasteiger partial charge in [0.25, 0.3) is 0 Å². The quantitative estimate of drug-likeness (QED) is 0.773. The van der Waals surface area contributed by atoms with Gasteiger partial charge in [0.15, 0.2) is 0 Å². The molecule has 0 spiro atoms. The fourth-order valence-electron chi connectivity index (χ4n) is 1.08. The smallest absolute Gasteiger partial charge is 0.149 e. The zero-order valence-electron chi connectivity index (χ0n) is 7.10. The van der Waals surface area contributed by atoms with Gasteiger partial charge in [-0.05, 0) is 12.1 Å². The number of benzene rings is 1. The molecule has 0 amide bonds. The molecule has 0 aliphatic heterocycles. The molecule has 0 saturated carbocycles. The molecule has 1 atom stereocenters. The van der Waals surface area contributed by atoms with Crippen LogP contribution in [0.4, 0.5) is 8.78 Å². The van der Waals surface area contributed by atoms with Crippen molar-refractivity contribution in [3.05, 3.63) is 34.4 Å². The molecule has 1 aromatic carbocycles. The third-order valence-electron chi connectivity index (χ3n) is 1.76. The van der Waals surface area contributed by atoms with Crippen LogP contribution in [0.15, 0.2) is 12.1 Å². The first-order valence-corrected chi connectivity index (χ1v) is 4.21. The van der Waals surface area contributed by atoms with Gasteiger partial charge < -0.3 is 5.73 Å². The summed E-state index contributed by atoms with van der Waals surface area (Å²) in [5, 5.41) is 8.14. The van der Waals surface area contributed by atoms with Crippen LogP contribution in [0.1, 0.15) is 18.0 Å². The van der Waals surface area contributed by atoms with E-state index >= 15 is 0 Å². The van der Waals surface area contributed by atoms with Gasteiger partial charge in [0.1, 0.15) is 11.6 Å². The van der Waals surface area contributed by atoms with Crippen molar-refractivity contribution in [1.29, 1.82) is 5.26 Å². The van der Waals surface area contributed by atoms with E-state index in [1.54, 1.807) is 6.07 Å². The van der Waals surface area contributed by atoms with Crippen LogP contribution in [-0.2, 0) is 0 Å². The first kappa shape index (κ1) is 10.9. The first-order chi connectivity index (χ1) is 6.57. The van der Waals surface area contributed by atoms with Crippen LogP contribution >= 0.6 is 11.6 Å². The Labute approximate surface area is 84.9 Å². The summed E-state index contributed by atoms with van der Waals surface area (Å²) in [4.78, 5) is 0. The highest BCUT2D eigenvalue weighted by atomic mass is 35.5. The lowest BCUT2D eigenvalue weighted by atomic mass is 10.0. The molecular formula is C9H7ClF2N2. The summed E-state index contributed by atoms with van der Waals surface area (Å²) in [5.41, 5.74) is 5.08. The van der Waals surface area contributed by atoms with Crippen molar-refractivity contribution < 1.29 is 8.78 Å². The second-order valence-electron chi connectivity index (χ2n) is 2.73. The van der Waals surface area contributed by atoms with E-state index in [1.165, 1.54) is 0 Å². The summed E-state index contributed by atoms with van der Waals surface area (Å²) >= 11 is 5.45. The summed E-state index contributed by atoms with van der Waals surface area (Å²) in [6.45, 7) is 0. The van der Waals surface area contributed by atoms with E-state index in [0.29, 0.717) is 0 Å². The molecule has 0 bridgehead atoms. The fourth-order valence-corrected chi connectivity index (χ4v) is 1.25. The van der Waals surface area contributed by atoms with E-state index in [0.717, 1.165) is 12.1 Å². The summed E-state index contributed by atoms with van der Waals surface area (Å²) in [5.74, 6) is -1.68. The van der Waals surface area contributed by atoms with Gasteiger partial charge in [-0.1, -0.05) is 11.6 Å². The zero-order chi connectivity index (χ0) is 10.7. The lowest BCUT2D eigenvalue weighted by Crippen LogP contribution is -2.13. The zero-order valence-corrected chi connectivity index (χ0v) is 7.85. The van der Waals surface area contributed by atoms with E-state index in [-0.39, 0.29) is 17.0 Å². The molecule has 74 valence electrons. The minimum atomic E-state index is -0.987. The lowest BCUT2D eigenvalue weighted by molar-refractivity contribution is 0.528. The van der Waals surface area contributed by atoms with Crippen LogP contribution < -0.4 is 5.73 Å². The van der Waals surface area contributed by atoms with Crippen LogP contribution in [0.2, 0.25) is 5.02 Å². The average Bonchev–Trinajstić information content (AvgIpc) is 2.13. The molecule has 5 heteroatoms. The van der Waals surface area contributed by atoms with Gasteiger partial charge in [-0.15, -0.1) is 0 Å². The van der Waals surface area contributed by atoms with E-state index in [9.17, 15) is 8.78 Å². The number of nitrogens with zero attached hydrogens (tertiary/aromatic N) is 1. The third-order valence-corrected chi connectivity index (χ3v) is 2.05. The van der Waals surface area contributed by atoms with Gasteiger partial charge in [0.05, 0.1) is 17.5 Å². The molecule has 2 nitrogen and oxygen atoms in total. The molecule has 0 fully saturated rings. The van der Waals surface area contributed by atoms with Crippen molar-refractivity contribution in [2.24, 2.45) is 5.73 Å². The normalized spacial score (nSPS) is 12.2. The average molecular weight is 217 g/mol. The molecule has 2 N–H and O–H groups in total. The van der Waals surface area contributed by atoms with Gasteiger partial charge in [-0.3, -0.25) is 0 Å². The van der Waals surface area contributed by atoms with Crippen LogP contribution in [-0.4, -0.2) is 0 Å². The Morgan fingerprint density at radius 3 is 2.71 bits per heavy atom. The number of hydrogen-bond acceptors (Lipinski definition) is 2. The molecule has 0 radical (unpaired) electrons. The van der Waals surface area contributed by atoms with Gasteiger partial charge in [0, 0.05) is 11.6 Å². The molecule has 0 saturated heterocycles. The number of hydrogen-bond donors (Lipinski definition) is 1. The van der Waals surface area contributed by atoms with Gasteiger partial charge in [0.2, 0.25) is 0 Å². The molecule has 1 aromatic rings. The van der Waals surface area contributed by atoms with Crippen molar-refractivity contribution in [3.8, 4) is 6.07 Å². The Balaban J connectivity index is 3.19. The number of nitrogens with two attached hydrogens (primary N) is 1. The maximum atomic E-state index is 13.3. The van der Waals surface area contributed by atoms with E-state index < -0.39 is 17.7 Å². The number of halogens is 3. The van der Waals surface area contributed by atoms with Crippen molar-refractivity contribution >= 4 is 11.6 Å². The highest BCUT2D eigenvalue weighted by Gasteiger charge is 2.18. The summed E-state index contributed by atoms with van der Waals surface area (Å²) in [6, 6.07) is 2.88. The molecule has 1 rings (SSSR count). The minimum absolute atomic E-state index is 0.159. The van der Waals surface area contributed by atoms with Crippen LogP contribution in [0.5, 0.6) is 0 Å². The minimum Gasteiger partial charge on any atom is -0.323 e. The summed E-state index contributed by atoms with van der Waals surface area (Å²) in [7, 11) is 0. The lowest BCUT2D eigenvalue weighted by Gasteiger charge is -2.10. The highest BCUT2D eigenvalue weighted by molar-refractivity contribution is 6.30. The summed E-state index contributed by atoms with van der Waals surface area (Å²) < 4.78 is 26.4. The predicted octanol–water partition coefficient (Wildman–Crippen LogP) is 2.53. The van der Waals surface area contributed by atoms with E-state index in [4.69, 9.17) is 22.6 Å². The monoisotopic (exact) mass is 216 g/mol. The van der Waals surface area contributed by atoms with Crippen molar-refractivity contribution in [2.75, 3.05) is 0 Å². The Morgan fingerprint density at radius 2 is 2.14 bits per heavy atom. The highest BCUT2D eigenvalue weighted by Crippen LogP contribution is 2.26. The maximum absolute atomic E-state index is 13.3. The Morgan fingerprint density at radius 1 is 1.50 bits per heavy atom. The van der Waals surface area contributed by atoms with Crippen LogP contribution in [0.3, 0.4) is 0 Å². The fraction of sp³-hybridized carbons (Fsp3) is 0.222. The molecule has 14 heavy (non-hydrogen) atoms. The first-order valence-electron chi connectivity index (χ1n) is 3.84. The largest absolute Gasteiger partial charge is 0.323 e. The van der Waals surface area contributed by atoms with Gasteiger partial charge in [-0.25, -0.2) is 8.78 Å². The van der Waals surface area contributed by atoms with Crippen molar-refractivity contribution in [1.82, 2.24) is 0 Å². The van der Waals surface area contributed by atoms with Gasteiger partial charge >= 0.3 is 0 Å². The molecular weight excluding hydrogens is 210 g/mol. The van der Waals surface area contributed by atoms with Crippen LogP contribution in [0.25, 0.3) is 0 Å². The van der Waals surface area contributed by atoms with E-state index in [1.807, 2.05) is 0 Å². The van der Waals surface area contributed by atoms with Crippen molar-refractivity contribution in [2.45, 2.75) is 12.5 Å². The third kappa shape index (κ3) is 2.00. The topological polar surface area (TPSA) is 49.8 Å².